The lowest BCUT2D eigenvalue weighted by molar-refractivity contribution is 0.0606. The minimum Gasteiger partial charge on any atom is -0.491 e. The Morgan fingerprint density at radius 3 is 3.00 bits per heavy atom. The molecule has 1 unspecified atom stereocenters. The van der Waals surface area contributed by atoms with Crippen LogP contribution in [0.1, 0.15) is 16.6 Å². The van der Waals surface area contributed by atoms with Gasteiger partial charge in [-0.1, -0.05) is 0 Å². The van der Waals surface area contributed by atoms with Crippen molar-refractivity contribution in [2.45, 2.75) is 13.0 Å². The zero-order valence-corrected chi connectivity index (χ0v) is 8.97. The third-order valence-corrected chi connectivity index (χ3v) is 2.36. The maximum Gasteiger partial charge on any atom is 0.348 e. The zero-order valence-electron chi connectivity index (χ0n) is 8.15. The molecule has 0 saturated heterocycles. The van der Waals surface area contributed by atoms with Crippen LogP contribution < -0.4 is 10.5 Å². The molecule has 78 valence electrons. The summed E-state index contributed by atoms with van der Waals surface area (Å²) in [6, 6.07) is 1.63. The SMILES string of the molecule is COC(=O)c1cc(OCC(C)N)cs1. The van der Waals surface area contributed by atoms with Crippen molar-refractivity contribution in [2.24, 2.45) is 5.73 Å². The Hall–Kier alpha value is -1.07. The zero-order chi connectivity index (χ0) is 10.6. The van der Waals surface area contributed by atoms with E-state index in [1.165, 1.54) is 18.4 Å². The highest BCUT2D eigenvalue weighted by atomic mass is 32.1. The van der Waals surface area contributed by atoms with Gasteiger partial charge in [0.15, 0.2) is 0 Å². The van der Waals surface area contributed by atoms with Gasteiger partial charge in [-0.25, -0.2) is 4.79 Å². The maximum absolute atomic E-state index is 11.1. The number of carbonyl (C=O) groups excluding carboxylic acids is 1. The van der Waals surface area contributed by atoms with Crippen LogP contribution in [0, 0.1) is 0 Å². The number of ether oxygens (including phenoxy) is 2. The molecule has 0 spiro atoms. The number of methoxy groups -OCH3 is 1. The first-order valence-corrected chi connectivity index (χ1v) is 5.06. The Labute approximate surface area is 86.6 Å². The van der Waals surface area contributed by atoms with Crippen LogP contribution in [-0.4, -0.2) is 25.7 Å². The molecule has 4 nitrogen and oxygen atoms in total. The highest BCUT2D eigenvalue weighted by molar-refractivity contribution is 7.12. The second-order valence-electron chi connectivity index (χ2n) is 2.93. The first-order valence-electron chi connectivity index (χ1n) is 4.18. The van der Waals surface area contributed by atoms with Gasteiger partial charge in [0.25, 0.3) is 0 Å². The number of carbonyl (C=O) groups is 1. The van der Waals surface area contributed by atoms with Crippen molar-refractivity contribution >= 4 is 17.3 Å². The van der Waals surface area contributed by atoms with E-state index in [1.807, 2.05) is 6.92 Å². The van der Waals surface area contributed by atoms with Crippen LogP contribution in [-0.2, 0) is 4.74 Å². The number of esters is 1. The predicted molar refractivity (Wildman–Crippen MR) is 54.8 cm³/mol. The molecule has 0 aromatic carbocycles. The lowest BCUT2D eigenvalue weighted by Crippen LogP contribution is -2.23. The Morgan fingerprint density at radius 2 is 2.43 bits per heavy atom. The normalized spacial score (nSPS) is 12.2. The third kappa shape index (κ3) is 3.01. The van der Waals surface area contributed by atoms with E-state index >= 15 is 0 Å². The molecule has 0 aliphatic heterocycles. The summed E-state index contributed by atoms with van der Waals surface area (Å²) < 4.78 is 9.89. The molecular formula is C9H13NO3S. The molecule has 0 saturated carbocycles. The Balaban J connectivity index is 2.55. The summed E-state index contributed by atoms with van der Waals surface area (Å²) in [6.45, 7) is 2.30. The lowest BCUT2D eigenvalue weighted by atomic mass is 10.4. The maximum atomic E-state index is 11.1. The summed E-state index contributed by atoms with van der Waals surface area (Å²) in [5.41, 5.74) is 5.52. The van der Waals surface area contributed by atoms with E-state index in [9.17, 15) is 4.79 Å². The van der Waals surface area contributed by atoms with Gasteiger partial charge in [0.2, 0.25) is 0 Å². The van der Waals surface area contributed by atoms with Gasteiger partial charge in [-0.05, 0) is 6.92 Å². The number of nitrogens with two attached hydrogens (primary N) is 1. The van der Waals surface area contributed by atoms with Crippen molar-refractivity contribution in [1.82, 2.24) is 0 Å². The molecule has 0 radical (unpaired) electrons. The highest BCUT2D eigenvalue weighted by Crippen LogP contribution is 2.22. The van der Waals surface area contributed by atoms with Crippen LogP contribution >= 0.6 is 11.3 Å². The second kappa shape index (κ2) is 4.97. The fourth-order valence-corrected chi connectivity index (χ4v) is 1.57. The predicted octanol–water partition coefficient (Wildman–Crippen LogP) is 1.26. The quantitative estimate of drug-likeness (QED) is 0.768. The van der Waals surface area contributed by atoms with Crippen molar-refractivity contribution in [3.63, 3.8) is 0 Å². The lowest BCUT2D eigenvalue weighted by Gasteiger charge is -2.05. The van der Waals surface area contributed by atoms with Crippen molar-refractivity contribution < 1.29 is 14.3 Å². The van der Waals surface area contributed by atoms with E-state index in [0.29, 0.717) is 17.2 Å². The Bertz CT molecular complexity index is 309. The topological polar surface area (TPSA) is 61.5 Å². The van der Waals surface area contributed by atoms with E-state index < -0.39 is 0 Å². The van der Waals surface area contributed by atoms with Gasteiger partial charge < -0.3 is 15.2 Å². The summed E-state index contributed by atoms with van der Waals surface area (Å²) in [4.78, 5) is 11.6. The fourth-order valence-electron chi connectivity index (χ4n) is 0.830. The summed E-state index contributed by atoms with van der Waals surface area (Å²) in [7, 11) is 1.35. The van der Waals surface area contributed by atoms with Gasteiger partial charge in [-0.3, -0.25) is 0 Å². The minimum atomic E-state index is -0.342. The molecule has 0 aliphatic rings. The van der Waals surface area contributed by atoms with Crippen LogP contribution in [0.25, 0.3) is 0 Å². The van der Waals surface area contributed by atoms with E-state index in [0.717, 1.165) is 0 Å². The molecular weight excluding hydrogens is 202 g/mol. The highest BCUT2D eigenvalue weighted by Gasteiger charge is 2.09. The number of rotatable bonds is 4. The molecule has 0 aliphatic carbocycles. The molecule has 0 amide bonds. The van der Waals surface area contributed by atoms with Gasteiger partial charge in [-0.2, -0.15) is 0 Å². The largest absolute Gasteiger partial charge is 0.491 e. The van der Waals surface area contributed by atoms with Gasteiger partial charge in [0, 0.05) is 17.5 Å². The third-order valence-electron chi connectivity index (χ3n) is 1.47. The monoisotopic (exact) mass is 215 g/mol. The molecule has 1 aromatic heterocycles. The molecule has 0 fully saturated rings. The average Bonchev–Trinajstić information content (AvgIpc) is 2.62. The van der Waals surface area contributed by atoms with Crippen molar-refractivity contribution in [2.75, 3.05) is 13.7 Å². The molecule has 14 heavy (non-hydrogen) atoms. The standard InChI is InChI=1S/C9H13NO3S/c1-6(10)4-13-7-3-8(14-5-7)9(11)12-2/h3,5-6H,4,10H2,1-2H3. The molecule has 1 aromatic rings. The minimum absolute atomic E-state index is 0.0172. The molecule has 1 rings (SSSR count). The van der Waals surface area contributed by atoms with Gasteiger partial charge in [0.05, 0.1) is 7.11 Å². The summed E-state index contributed by atoms with van der Waals surface area (Å²) in [5.74, 6) is 0.318. The van der Waals surface area contributed by atoms with E-state index in [1.54, 1.807) is 11.4 Å². The van der Waals surface area contributed by atoms with Crippen molar-refractivity contribution in [1.29, 1.82) is 0 Å². The van der Waals surface area contributed by atoms with Crippen LogP contribution in [0.5, 0.6) is 5.75 Å². The van der Waals surface area contributed by atoms with Gasteiger partial charge in [-0.15, -0.1) is 11.3 Å². The van der Waals surface area contributed by atoms with E-state index in [2.05, 4.69) is 4.74 Å². The molecule has 1 atom stereocenters. The molecule has 5 heteroatoms. The smallest absolute Gasteiger partial charge is 0.348 e. The Kier molecular flexibility index (Phi) is 3.91. The average molecular weight is 215 g/mol. The van der Waals surface area contributed by atoms with Crippen LogP contribution in [0.2, 0.25) is 0 Å². The second-order valence-corrected chi connectivity index (χ2v) is 3.84. The first-order chi connectivity index (χ1) is 6.63. The van der Waals surface area contributed by atoms with Crippen molar-refractivity contribution in [3.05, 3.63) is 16.3 Å². The first kappa shape index (κ1) is 11.0. The molecule has 0 bridgehead atoms. The van der Waals surface area contributed by atoms with Gasteiger partial charge >= 0.3 is 5.97 Å². The van der Waals surface area contributed by atoms with E-state index in [-0.39, 0.29) is 12.0 Å². The van der Waals surface area contributed by atoms with Crippen molar-refractivity contribution in [3.8, 4) is 5.75 Å². The molecule has 1 heterocycles. The fraction of sp³-hybridized carbons (Fsp3) is 0.444. The van der Waals surface area contributed by atoms with Crippen LogP contribution in [0.4, 0.5) is 0 Å². The summed E-state index contributed by atoms with van der Waals surface area (Å²) >= 11 is 1.29. The summed E-state index contributed by atoms with van der Waals surface area (Å²) in [5, 5.41) is 1.76. The number of thiophene rings is 1. The van der Waals surface area contributed by atoms with Crippen LogP contribution in [0.3, 0.4) is 0 Å². The van der Waals surface area contributed by atoms with E-state index in [4.69, 9.17) is 10.5 Å². The molecule has 2 N–H and O–H groups in total. The number of hydrogen-bond acceptors (Lipinski definition) is 5. The van der Waals surface area contributed by atoms with Crippen LogP contribution in [0.15, 0.2) is 11.4 Å². The van der Waals surface area contributed by atoms with Gasteiger partial charge in [0.1, 0.15) is 17.2 Å². The summed E-state index contributed by atoms with van der Waals surface area (Å²) in [6.07, 6.45) is 0. The Morgan fingerprint density at radius 1 is 1.71 bits per heavy atom. The number of hydrogen-bond donors (Lipinski definition) is 1.